The number of carbonyl (C=O) groups is 1. The van der Waals surface area contributed by atoms with Gasteiger partial charge >= 0.3 is 6.18 Å². The first-order valence-corrected chi connectivity index (χ1v) is 5.85. The lowest BCUT2D eigenvalue weighted by molar-refractivity contribution is -0.137. The zero-order chi connectivity index (χ0) is 15.1. The molecule has 2 aromatic rings. The van der Waals surface area contributed by atoms with Crippen molar-refractivity contribution < 1.29 is 18.0 Å². The lowest BCUT2D eigenvalue weighted by Crippen LogP contribution is -2.16. The number of hydrogen-bond donors (Lipinski definition) is 1. The van der Waals surface area contributed by atoms with Gasteiger partial charge in [0.25, 0.3) is 5.91 Å². The Bertz CT molecular complexity index is 672. The van der Waals surface area contributed by atoms with Crippen LogP contribution >= 0.6 is 0 Å². The van der Waals surface area contributed by atoms with Crippen LogP contribution in [0.3, 0.4) is 0 Å². The SMILES string of the molecule is Cc1ccc(C(F)(F)F)cc1-c1ccn(C)c1C(N)=O. The van der Waals surface area contributed by atoms with E-state index in [1.165, 1.54) is 10.6 Å². The molecule has 3 nitrogen and oxygen atoms in total. The van der Waals surface area contributed by atoms with Crippen LogP contribution in [0, 0.1) is 6.92 Å². The largest absolute Gasteiger partial charge is 0.416 e. The van der Waals surface area contributed by atoms with Crippen LogP contribution in [0.5, 0.6) is 0 Å². The number of aryl methyl sites for hydroxylation is 2. The molecule has 20 heavy (non-hydrogen) atoms. The maximum absolute atomic E-state index is 12.8. The summed E-state index contributed by atoms with van der Waals surface area (Å²) in [6.07, 6.45) is -2.83. The predicted octanol–water partition coefficient (Wildman–Crippen LogP) is 3.12. The molecule has 0 aliphatic rings. The van der Waals surface area contributed by atoms with E-state index >= 15 is 0 Å². The average molecular weight is 282 g/mol. The van der Waals surface area contributed by atoms with Crippen molar-refractivity contribution in [1.29, 1.82) is 0 Å². The minimum atomic E-state index is -4.43. The molecule has 0 unspecified atom stereocenters. The van der Waals surface area contributed by atoms with Crippen LogP contribution in [0.15, 0.2) is 30.5 Å². The van der Waals surface area contributed by atoms with E-state index in [1.807, 2.05) is 0 Å². The van der Waals surface area contributed by atoms with E-state index in [9.17, 15) is 18.0 Å². The van der Waals surface area contributed by atoms with E-state index in [0.717, 1.165) is 12.1 Å². The summed E-state index contributed by atoms with van der Waals surface area (Å²) in [4.78, 5) is 11.4. The maximum atomic E-state index is 12.8. The molecule has 0 atom stereocenters. The number of nitrogens with zero attached hydrogens (tertiary/aromatic N) is 1. The van der Waals surface area contributed by atoms with Gasteiger partial charge in [0.1, 0.15) is 5.69 Å². The van der Waals surface area contributed by atoms with E-state index in [1.54, 1.807) is 26.2 Å². The summed E-state index contributed by atoms with van der Waals surface area (Å²) in [6, 6.07) is 5.03. The topological polar surface area (TPSA) is 48.0 Å². The Morgan fingerprint density at radius 1 is 1.20 bits per heavy atom. The van der Waals surface area contributed by atoms with Crippen LogP contribution in [0.4, 0.5) is 13.2 Å². The van der Waals surface area contributed by atoms with Crippen LogP contribution in [-0.2, 0) is 13.2 Å². The quantitative estimate of drug-likeness (QED) is 0.904. The Labute approximate surface area is 113 Å². The number of primary amides is 1. The van der Waals surface area contributed by atoms with Crippen molar-refractivity contribution >= 4 is 5.91 Å². The zero-order valence-corrected chi connectivity index (χ0v) is 11.0. The molecule has 0 bridgehead atoms. The highest BCUT2D eigenvalue weighted by atomic mass is 19.4. The molecule has 6 heteroatoms. The van der Waals surface area contributed by atoms with Crippen molar-refractivity contribution in [2.75, 3.05) is 0 Å². The number of benzene rings is 1. The molecule has 1 aromatic carbocycles. The molecule has 0 spiro atoms. The molecule has 0 aliphatic carbocycles. The van der Waals surface area contributed by atoms with Gasteiger partial charge in [0.15, 0.2) is 0 Å². The van der Waals surface area contributed by atoms with Crippen LogP contribution < -0.4 is 5.73 Å². The zero-order valence-electron chi connectivity index (χ0n) is 11.0. The fraction of sp³-hybridized carbons (Fsp3) is 0.214. The van der Waals surface area contributed by atoms with E-state index in [0.29, 0.717) is 16.7 Å². The Morgan fingerprint density at radius 3 is 2.40 bits per heavy atom. The third-order valence-corrected chi connectivity index (χ3v) is 3.16. The number of rotatable bonds is 2. The molecular formula is C14H13F3N2O. The highest BCUT2D eigenvalue weighted by Crippen LogP contribution is 2.35. The fourth-order valence-electron chi connectivity index (χ4n) is 2.14. The molecule has 1 aromatic heterocycles. The molecule has 0 aliphatic heterocycles. The number of alkyl halides is 3. The molecule has 0 saturated heterocycles. The van der Waals surface area contributed by atoms with Gasteiger partial charge in [-0.05, 0) is 36.2 Å². The first kappa shape index (κ1) is 14.2. The number of carbonyl (C=O) groups excluding carboxylic acids is 1. The van der Waals surface area contributed by atoms with E-state index in [-0.39, 0.29) is 5.69 Å². The van der Waals surface area contributed by atoms with Gasteiger partial charge in [-0.2, -0.15) is 13.2 Å². The summed E-state index contributed by atoms with van der Waals surface area (Å²) in [7, 11) is 1.62. The molecule has 2 rings (SSSR count). The first-order valence-electron chi connectivity index (χ1n) is 5.85. The predicted molar refractivity (Wildman–Crippen MR) is 69.1 cm³/mol. The van der Waals surface area contributed by atoms with Crippen molar-refractivity contribution in [2.45, 2.75) is 13.1 Å². The fourth-order valence-corrected chi connectivity index (χ4v) is 2.14. The molecule has 1 amide bonds. The summed E-state index contributed by atoms with van der Waals surface area (Å²) in [5, 5.41) is 0. The van der Waals surface area contributed by atoms with Crippen molar-refractivity contribution in [1.82, 2.24) is 4.57 Å². The average Bonchev–Trinajstić information content (AvgIpc) is 2.70. The van der Waals surface area contributed by atoms with Gasteiger partial charge in [-0.25, -0.2) is 0 Å². The monoisotopic (exact) mass is 282 g/mol. The lowest BCUT2D eigenvalue weighted by atomic mass is 9.97. The van der Waals surface area contributed by atoms with E-state index in [2.05, 4.69) is 0 Å². The smallest absolute Gasteiger partial charge is 0.364 e. The number of aromatic nitrogens is 1. The van der Waals surface area contributed by atoms with E-state index < -0.39 is 17.6 Å². The maximum Gasteiger partial charge on any atom is 0.416 e. The van der Waals surface area contributed by atoms with Gasteiger partial charge in [-0.1, -0.05) is 6.07 Å². The van der Waals surface area contributed by atoms with Crippen LogP contribution in [0.2, 0.25) is 0 Å². The van der Waals surface area contributed by atoms with Crippen molar-refractivity contribution in [2.24, 2.45) is 12.8 Å². The number of amides is 1. The van der Waals surface area contributed by atoms with Gasteiger partial charge in [-0.15, -0.1) is 0 Å². The molecular weight excluding hydrogens is 269 g/mol. The van der Waals surface area contributed by atoms with Gasteiger partial charge in [0, 0.05) is 18.8 Å². The normalized spacial score (nSPS) is 11.7. The minimum absolute atomic E-state index is 0.187. The lowest BCUT2D eigenvalue weighted by Gasteiger charge is -2.12. The molecule has 0 fully saturated rings. The van der Waals surface area contributed by atoms with Gasteiger partial charge in [-0.3, -0.25) is 4.79 Å². The van der Waals surface area contributed by atoms with Crippen molar-refractivity contribution in [3.63, 3.8) is 0 Å². The highest BCUT2D eigenvalue weighted by Gasteiger charge is 2.31. The van der Waals surface area contributed by atoms with Crippen LogP contribution in [0.25, 0.3) is 11.1 Å². The second-order valence-electron chi connectivity index (χ2n) is 4.58. The van der Waals surface area contributed by atoms with Gasteiger partial charge in [0.05, 0.1) is 5.56 Å². The molecule has 0 radical (unpaired) electrons. The summed E-state index contributed by atoms with van der Waals surface area (Å²) < 4.78 is 39.8. The van der Waals surface area contributed by atoms with Crippen LogP contribution in [-0.4, -0.2) is 10.5 Å². The number of halogens is 3. The third-order valence-electron chi connectivity index (χ3n) is 3.16. The second kappa shape index (κ2) is 4.70. The van der Waals surface area contributed by atoms with Gasteiger partial charge < -0.3 is 10.3 Å². The summed E-state index contributed by atoms with van der Waals surface area (Å²) in [5.74, 6) is -0.677. The van der Waals surface area contributed by atoms with Crippen LogP contribution in [0.1, 0.15) is 21.6 Å². The summed E-state index contributed by atoms with van der Waals surface area (Å²) in [6.45, 7) is 1.69. The standard InChI is InChI=1S/C14H13F3N2O/c1-8-3-4-9(14(15,16)17)7-11(8)10-5-6-19(2)12(10)13(18)20/h3-7H,1-2H3,(H2,18,20). The van der Waals surface area contributed by atoms with Gasteiger partial charge in [0.2, 0.25) is 0 Å². The summed E-state index contributed by atoms with van der Waals surface area (Å²) in [5.41, 5.74) is 6.13. The van der Waals surface area contributed by atoms with Crippen molar-refractivity contribution in [3.8, 4) is 11.1 Å². The second-order valence-corrected chi connectivity index (χ2v) is 4.58. The Morgan fingerprint density at radius 2 is 1.85 bits per heavy atom. The number of hydrogen-bond acceptors (Lipinski definition) is 1. The molecule has 2 N–H and O–H groups in total. The molecule has 0 saturated carbocycles. The summed E-state index contributed by atoms with van der Waals surface area (Å²) >= 11 is 0. The minimum Gasteiger partial charge on any atom is -0.364 e. The first-order chi connectivity index (χ1) is 9.21. The Kier molecular flexibility index (Phi) is 3.33. The number of nitrogens with two attached hydrogens (primary N) is 1. The Balaban J connectivity index is 2.67. The molecule has 1 heterocycles. The van der Waals surface area contributed by atoms with E-state index in [4.69, 9.17) is 5.73 Å². The highest BCUT2D eigenvalue weighted by molar-refractivity contribution is 5.99. The molecule has 106 valence electrons. The Hall–Kier alpha value is -2.24. The van der Waals surface area contributed by atoms with Crippen molar-refractivity contribution in [3.05, 3.63) is 47.3 Å². The third kappa shape index (κ3) is 2.41.